The molecule has 2 aromatic carbocycles. The van der Waals surface area contributed by atoms with E-state index in [0.29, 0.717) is 28.6 Å². The van der Waals surface area contributed by atoms with Crippen molar-refractivity contribution in [1.82, 2.24) is 0 Å². The summed E-state index contributed by atoms with van der Waals surface area (Å²) in [6, 6.07) is 14.6. The number of amides is 1. The molecule has 0 atom stereocenters. The van der Waals surface area contributed by atoms with Crippen molar-refractivity contribution in [2.45, 2.75) is 26.7 Å². The Hall–Kier alpha value is -2.77. The second-order valence-corrected chi connectivity index (χ2v) is 6.14. The van der Waals surface area contributed by atoms with Crippen LogP contribution in [-0.4, -0.2) is 12.5 Å². The Labute approximate surface area is 159 Å². The molecule has 0 fully saturated rings. The van der Waals surface area contributed by atoms with Gasteiger partial charge in [0.15, 0.2) is 0 Å². The second-order valence-electron chi connectivity index (χ2n) is 5.71. The Kier molecular flexibility index (Phi) is 7.25. The summed E-state index contributed by atoms with van der Waals surface area (Å²) in [4.78, 5) is 12.4. The average Bonchev–Trinajstić information content (AvgIpc) is 2.65. The van der Waals surface area contributed by atoms with Crippen LogP contribution in [0.5, 0.6) is 5.75 Å². The molecule has 0 heterocycles. The third-order valence-electron chi connectivity index (χ3n) is 3.72. The summed E-state index contributed by atoms with van der Waals surface area (Å²) in [5.41, 5.74) is 2.39. The van der Waals surface area contributed by atoms with Crippen molar-refractivity contribution in [2.24, 2.45) is 0 Å². The number of nitrogens with one attached hydrogen (secondary N) is 1. The summed E-state index contributed by atoms with van der Waals surface area (Å²) in [6.07, 6.45) is 3.27. The van der Waals surface area contributed by atoms with Crippen LogP contribution in [0.2, 0.25) is 5.02 Å². The van der Waals surface area contributed by atoms with E-state index >= 15 is 0 Å². The van der Waals surface area contributed by atoms with Gasteiger partial charge in [-0.05, 0) is 54.8 Å². The van der Waals surface area contributed by atoms with Crippen molar-refractivity contribution in [3.63, 3.8) is 0 Å². The highest BCUT2D eigenvalue weighted by Crippen LogP contribution is 2.26. The van der Waals surface area contributed by atoms with E-state index in [0.717, 1.165) is 12.8 Å². The van der Waals surface area contributed by atoms with Crippen molar-refractivity contribution in [3.8, 4) is 11.8 Å². The maximum atomic E-state index is 12.4. The maximum absolute atomic E-state index is 12.4. The highest BCUT2D eigenvalue weighted by atomic mass is 35.5. The van der Waals surface area contributed by atoms with E-state index in [-0.39, 0.29) is 5.57 Å². The molecule has 0 unspecified atom stereocenters. The number of carbonyl (C=O) groups is 1. The van der Waals surface area contributed by atoms with Crippen molar-refractivity contribution < 1.29 is 9.53 Å². The number of hydrogen-bond donors (Lipinski definition) is 1. The quantitative estimate of drug-likeness (QED) is 0.537. The van der Waals surface area contributed by atoms with Gasteiger partial charge in [-0.15, -0.1) is 0 Å². The van der Waals surface area contributed by atoms with Crippen LogP contribution in [0.25, 0.3) is 6.08 Å². The molecule has 2 aromatic rings. The van der Waals surface area contributed by atoms with Crippen LogP contribution < -0.4 is 10.1 Å². The molecular weight excluding hydrogens is 348 g/mol. The molecule has 0 aliphatic carbocycles. The first-order chi connectivity index (χ1) is 12.6. The molecule has 1 amide bonds. The monoisotopic (exact) mass is 368 g/mol. The van der Waals surface area contributed by atoms with Gasteiger partial charge in [-0.25, -0.2) is 0 Å². The van der Waals surface area contributed by atoms with E-state index < -0.39 is 5.91 Å². The van der Waals surface area contributed by atoms with Gasteiger partial charge in [0.05, 0.1) is 6.61 Å². The van der Waals surface area contributed by atoms with Crippen molar-refractivity contribution in [1.29, 1.82) is 5.26 Å². The first-order valence-electron chi connectivity index (χ1n) is 8.51. The lowest BCUT2D eigenvalue weighted by molar-refractivity contribution is -0.112. The lowest BCUT2D eigenvalue weighted by Crippen LogP contribution is -2.13. The Bertz CT molecular complexity index is 836. The molecule has 1 N–H and O–H groups in total. The van der Waals surface area contributed by atoms with Crippen LogP contribution in [0.1, 0.15) is 31.4 Å². The molecular formula is C21H21ClN2O2. The number of ether oxygens (including phenoxy) is 1. The Morgan fingerprint density at radius 2 is 1.96 bits per heavy atom. The summed E-state index contributed by atoms with van der Waals surface area (Å²) < 4.78 is 5.67. The number of nitriles is 1. The third-order valence-corrected chi connectivity index (χ3v) is 3.95. The van der Waals surface area contributed by atoms with Crippen molar-refractivity contribution in [3.05, 3.63) is 64.2 Å². The van der Waals surface area contributed by atoms with Crippen LogP contribution in [-0.2, 0) is 11.2 Å². The number of benzene rings is 2. The highest BCUT2D eigenvalue weighted by Gasteiger charge is 2.12. The normalized spacial score (nSPS) is 10.9. The van der Waals surface area contributed by atoms with Gasteiger partial charge < -0.3 is 10.1 Å². The van der Waals surface area contributed by atoms with Gasteiger partial charge in [-0.1, -0.05) is 37.6 Å². The predicted octanol–water partition coefficient (Wildman–Crippen LogP) is 5.24. The Balaban J connectivity index is 2.24. The molecule has 0 aliphatic rings. The summed E-state index contributed by atoms with van der Waals surface area (Å²) in [5, 5.41) is 12.6. The minimum Gasteiger partial charge on any atom is -0.493 e. The van der Waals surface area contributed by atoms with E-state index in [1.54, 1.807) is 18.2 Å². The van der Waals surface area contributed by atoms with E-state index in [1.165, 1.54) is 11.6 Å². The zero-order chi connectivity index (χ0) is 18.9. The van der Waals surface area contributed by atoms with Crippen molar-refractivity contribution in [2.75, 3.05) is 11.9 Å². The Morgan fingerprint density at radius 1 is 1.23 bits per heavy atom. The van der Waals surface area contributed by atoms with E-state index in [4.69, 9.17) is 16.3 Å². The molecule has 0 spiro atoms. The summed E-state index contributed by atoms with van der Waals surface area (Å²) >= 11 is 6.05. The van der Waals surface area contributed by atoms with Crippen LogP contribution in [0.4, 0.5) is 5.69 Å². The fourth-order valence-electron chi connectivity index (χ4n) is 2.30. The molecule has 26 heavy (non-hydrogen) atoms. The number of aryl methyl sites for hydroxylation is 1. The summed E-state index contributed by atoms with van der Waals surface area (Å²) in [7, 11) is 0. The van der Waals surface area contributed by atoms with Crippen LogP contribution in [0, 0.1) is 11.3 Å². The zero-order valence-corrected chi connectivity index (χ0v) is 15.6. The van der Waals surface area contributed by atoms with Crippen LogP contribution in [0.15, 0.2) is 48.0 Å². The van der Waals surface area contributed by atoms with Gasteiger partial charge >= 0.3 is 0 Å². The lowest BCUT2D eigenvalue weighted by atomic mass is 10.1. The molecule has 5 heteroatoms. The fourth-order valence-corrected chi connectivity index (χ4v) is 2.48. The number of nitrogens with zero attached hydrogens (tertiary/aromatic N) is 1. The molecule has 0 saturated carbocycles. The van der Waals surface area contributed by atoms with Gasteiger partial charge in [-0.2, -0.15) is 5.26 Å². The molecule has 134 valence electrons. The first kappa shape index (κ1) is 19.6. The molecule has 0 saturated heterocycles. The average molecular weight is 369 g/mol. The number of hydrogen-bond acceptors (Lipinski definition) is 3. The number of halogens is 1. The van der Waals surface area contributed by atoms with Gasteiger partial charge in [-0.3, -0.25) is 4.79 Å². The molecule has 2 rings (SSSR count). The smallest absolute Gasteiger partial charge is 0.266 e. The maximum Gasteiger partial charge on any atom is 0.266 e. The Morgan fingerprint density at radius 3 is 2.58 bits per heavy atom. The van der Waals surface area contributed by atoms with E-state index in [1.807, 2.05) is 37.3 Å². The number of carbonyl (C=O) groups excluding carboxylic acids is 1. The van der Waals surface area contributed by atoms with Crippen molar-refractivity contribution >= 4 is 29.3 Å². The minimum atomic E-state index is -0.474. The highest BCUT2D eigenvalue weighted by molar-refractivity contribution is 6.30. The third kappa shape index (κ3) is 5.37. The van der Waals surface area contributed by atoms with Crippen LogP contribution >= 0.6 is 11.6 Å². The zero-order valence-electron chi connectivity index (χ0n) is 14.9. The second kappa shape index (κ2) is 9.65. The van der Waals surface area contributed by atoms with Gasteiger partial charge in [0.2, 0.25) is 0 Å². The predicted molar refractivity (Wildman–Crippen MR) is 105 cm³/mol. The van der Waals surface area contributed by atoms with E-state index in [2.05, 4.69) is 12.2 Å². The number of rotatable bonds is 7. The molecule has 0 aliphatic heterocycles. The first-order valence-corrected chi connectivity index (χ1v) is 8.89. The standard InChI is InChI=1S/C21H21ClN2O2/c1-3-11-26-20-10-7-18(22)13-16(20)12-17(14-23)21(25)24-19-8-5-15(4-2)6-9-19/h5-10,12-13H,3-4,11H2,1-2H3,(H,24,25)/b17-12+. The molecule has 0 bridgehead atoms. The molecule has 0 aromatic heterocycles. The summed E-state index contributed by atoms with van der Waals surface area (Å²) in [5.74, 6) is 0.113. The molecule has 4 nitrogen and oxygen atoms in total. The molecule has 0 radical (unpaired) electrons. The largest absolute Gasteiger partial charge is 0.493 e. The lowest BCUT2D eigenvalue weighted by Gasteiger charge is -2.10. The van der Waals surface area contributed by atoms with Gasteiger partial charge in [0.1, 0.15) is 17.4 Å². The van der Waals surface area contributed by atoms with Gasteiger partial charge in [0.25, 0.3) is 5.91 Å². The SMILES string of the molecule is CCCOc1ccc(Cl)cc1/C=C(\C#N)C(=O)Nc1ccc(CC)cc1. The van der Waals surface area contributed by atoms with Crippen LogP contribution in [0.3, 0.4) is 0 Å². The summed E-state index contributed by atoms with van der Waals surface area (Å²) in [6.45, 7) is 4.61. The number of anilines is 1. The topological polar surface area (TPSA) is 62.1 Å². The van der Waals surface area contributed by atoms with Gasteiger partial charge in [0, 0.05) is 16.3 Å². The van der Waals surface area contributed by atoms with E-state index in [9.17, 15) is 10.1 Å². The fraction of sp³-hybridized carbons (Fsp3) is 0.238. The minimum absolute atomic E-state index is 0.0202.